The van der Waals surface area contributed by atoms with E-state index in [1.54, 1.807) is 20.8 Å². The summed E-state index contributed by atoms with van der Waals surface area (Å²) < 4.78 is 15.6. The Labute approximate surface area is 155 Å². The molecule has 0 saturated carbocycles. The van der Waals surface area contributed by atoms with Gasteiger partial charge in [0.05, 0.1) is 13.0 Å². The molecule has 1 atom stereocenters. The summed E-state index contributed by atoms with van der Waals surface area (Å²) in [6.45, 7) is 8.62. The summed E-state index contributed by atoms with van der Waals surface area (Å²) in [6, 6.07) is -1.07. The van der Waals surface area contributed by atoms with Crippen molar-refractivity contribution in [3.05, 3.63) is 0 Å². The molecule has 0 spiro atoms. The molecule has 2 amide bonds. The normalized spacial score (nSPS) is 16.5. The maximum absolute atomic E-state index is 12.5. The number of carbonyl (C=O) groups excluding carboxylic acids is 3. The van der Waals surface area contributed by atoms with Gasteiger partial charge in [-0.15, -0.1) is 0 Å². The number of unbranched alkanes of at least 4 members (excludes halogenated alkanes) is 1. The highest BCUT2D eigenvalue weighted by molar-refractivity contribution is 5.89. The van der Waals surface area contributed by atoms with Crippen molar-refractivity contribution in [2.24, 2.45) is 0 Å². The quantitative estimate of drug-likeness (QED) is 0.498. The highest BCUT2D eigenvalue weighted by Gasteiger charge is 2.29. The molecule has 8 heteroatoms. The third kappa shape index (κ3) is 9.60. The summed E-state index contributed by atoms with van der Waals surface area (Å²) in [5.41, 5.74) is -0.701. The minimum absolute atomic E-state index is 0.0321. The van der Waals surface area contributed by atoms with E-state index < -0.39 is 29.6 Å². The fourth-order valence-electron chi connectivity index (χ4n) is 2.36. The highest BCUT2D eigenvalue weighted by atomic mass is 16.6. The number of amides is 2. The van der Waals surface area contributed by atoms with E-state index in [2.05, 4.69) is 10.6 Å². The predicted octanol–water partition coefficient (Wildman–Crippen LogP) is 1.91. The minimum Gasteiger partial charge on any atom is -0.466 e. The molecule has 1 saturated heterocycles. The number of esters is 1. The molecule has 0 radical (unpaired) electrons. The Morgan fingerprint density at radius 3 is 2.42 bits per heavy atom. The van der Waals surface area contributed by atoms with Gasteiger partial charge in [0.2, 0.25) is 5.91 Å². The molecule has 0 aliphatic carbocycles. The van der Waals surface area contributed by atoms with Gasteiger partial charge in [-0.3, -0.25) is 9.59 Å². The zero-order chi connectivity index (χ0) is 19.6. The smallest absolute Gasteiger partial charge is 0.408 e. The predicted molar refractivity (Wildman–Crippen MR) is 95.6 cm³/mol. The Hall–Kier alpha value is -1.83. The van der Waals surface area contributed by atoms with Crippen LogP contribution in [-0.4, -0.2) is 55.5 Å². The molecule has 150 valence electrons. The van der Waals surface area contributed by atoms with E-state index >= 15 is 0 Å². The average Bonchev–Trinajstić information content (AvgIpc) is 2.53. The molecular formula is C18H32N2O6. The third-order valence-electron chi connectivity index (χ3n) is 3.71. The standard InChI is InChI=1S/C18H32N2O6/c1-5-6-9-25-15(21)12-14(20-17(23)26-18(2,3)4)16(22)19-13-7-10-24-11-8-13/h13-14H,5-12H2,1-4H3,(H,19,22)(H,20,23)/t14-/m1/s1. The van der Waals surface area contributed by atoms with Gasteiger partial charge in [-0.1, -0.05) is 13.3 Å². The molecule has 0 aromatic rings. The lowest BCUT2D eigenvalue weighted by molar-refractivity contribution is -0.146. The molecule has 0 bridgehead atoms. The Kier molecular flexibility index (Phi) is 9.40. The van der Waals surface area contributed by atoms with Crippen LogP contribution >= 0.6 is 0 Å². The van der Waals surface area contributed by atoms with Gasteiger partial charge in [0.15, 0.2) is 0 Å². The molecule has 26 heavy (non-hydrogen) atoms. The summed E-state index contributed by atoms with van der Waals surface area (Å²) in [6.07, 6.45) is 2.07. The van der Waals surface area contributed by atoms with Crippen LogP contribution < -0.4 is 10.6 Å². The van der Waals surface area contributed by atoms with Crippen molar-refractivity contribution in [1.82, 2.24) is 10.6 Å². The van der Waals surface area contributed by atoms with Crippen LogP contribution in [-0.2, 0) is 23.8 Å². The molecule has 2 N–H and O–H groups in total. The zero-order valence-corrected chi connectivity index (χ0v) is 16.3. The number of rotatable bonds is 8. The fraction of sp³-hybridized carbons (Fsp3) is 0.833. The fourth-order valence-corrected chi connectivity index (χ4v) is 2.36. The Bertz CT molecular complexity index is 469. The SMILES string of the molecule is CCCCOC(=O)C[C@@H](NC(=O)OC(C)(C)C)C(=O)NC1CCOCC1. The second kappa shape index (κ2) is 11.0. The van der Waals surface area contributed by atoms with Gasteiger partial charge < -0.3 is 24.8 Å². The van der Waals surface area contributed by atoms with Crippen molar-refractivity contribution in [3.63, 3.8) is 0 Å². The minimum atomic E-state index is -1.04. The lowest BCUT2D eigenvalue weighted by Crippen LogP contribution is -2.52. The van der Waals surface area contributed by atoms with Crippen molar-refractivity contribution in [2.45, 2.75) is 77.5 Å². The van der Waals surface area contributed by atoms with Gasteiger partial charge in [0.25, 0.3) is 0 Å². The largest absolute Gasteiger partial charge is 0.466 e. The van der Waals surface area contributed by atoms with Gasteiger partial charge in [0, 0.05) is 19.3 Å². The molecule has 1 rings (SSSR count). The van der Waals surface area contributed by atoms with Crippen LogP contribution in [0.5, 0.6) is 0 Å². The lowest BCUT2D eigenvalue weighted by atomic mass is 10.1. The lowest BCUT2D eigenvalue weighted by Gasteiger charge is -2.27. The van der Waals surface area contributed by atoms with Crippen LogP contribution in [0.3, 0.4) is 0 Å². The van der Waals surface area contributed by atoms with Gasteiger partial charge in [-0.25, -0.2) is 4.79 Å². The summed E-state index contributed by atoms with van der Waals surface area (Å²) in [5.74, 6) is -0.947. The summed E-state index contributed by atoms with van der Waals surface area (Å²) in [7, 11) is 0. The summed E-state index contributed by atoms with van der Waals surface area (Å²) in [5, 5.41) is 5.34. The van der Waals surface area contributed by atoms with E-state index in [0.29, 0.717) is 32.7 Å². The summed E-state index contributed by atoms with van der Waals surface area (Å²) >= 11 is 0. The number of alkyl carbamates (subject to hydrolysis) is 1. The molecular weight excluding hydrogens is 340 g/mol. The van der Waals surface area contributed by atoms with Crippen LogP contribution in [0.2, 0.25) is 0 Å². The molecule has 1 aliphatic heterocycles. The molecule has 1 fully saturated rings. The van der Waals surface area contributed by atoms with Crippen molar-refractivity contribution >= 4 is 18.0 Å². The second-order valence-electron chi connectivity index (χ2n) is 7.37. The highest BCUT2D eigenvalue weighted by Crippen LogP contribution is 2.10. The van der Waals surface area contributed by atoms with Gasteiger partial charge in [0.1, 0.15) is 11.6 Å². The Morgan fingerprint density at radius 1 is 1.19 bits per heavy atom. The van der Waals surface area contributed by atoms with Crippen molar-refractivity contribution in [3.8, 4) is 0 Å². The Balaban J connectivity index is 2.64. The number of hydrogen-bond acceptors (Lipinski definition) is 6. The first-order valence-electron chi connectivity index (χ1n) is 9.24. The van der Waals surface area contributed by atoms with Crippen LogP contribution in [0.1, 0.15) is 59.8 Å². The maximum Gasteiger partial charge on any atom is 0.408 e. The average molecular weight is 372 g/mol. The van der Waals surface area contributed by atoms with E-state index in [-0.39, 0.29) is 12.5 Å². The number of ether oxygens (including phenoxy) is 3. The number of carbonyl (C=O) groups is 3. The van der Waals surface area contributed by atoms with Crippen LogP contribution in [0.25, 0.3) is 0 Å². The van der Waals surface area contributed by atoms with Gasteiger partial charge in [-0.2, -0.15) is 0 Å². The molecule has 0 unspecified atom stereocenters. The zero-order valence-electron chi connectivity index (χ0n) is 16.3. The monoisotopic (exact) mass is 372 g/mol. The van der Waals surface area contributed by atoms with Crippen molar-refractivity contribution < 1.29 is 28.6 Å². The van der Waals surface area contributed by atoms with Crippen molar-refractivity contribution in [2.75, 3.05) is 19.8 Å². The number of hydrogen-bond donors (Lipinski definition) is 2. The van der Waals surface area contributed by atoms with E-state index in [0.717, 1.165) is 12.8 Å². The molecule has 0 aromatic heterocycles. The number of nitrogens with one attached hydrogen (secondary N) is 2. The van der Waals surface area contributed by atoms with Gasteiger partial charge >= 0.3 is 12.1 Å². The van der Waals surface area contributed by atoms with Gasteiger partial charge in [-0.05, 0) is 40.0 Å². The van der Waals surface area contributed by atoms with E-state index in [4.69, 9.17) is 14.2 Å². The summed E-state index contributed by atoms with van der Waals surface area (Å²) in [4.78, 5) is 36.5. The van der Waals surface area contributed by atoms with Crippen LogP contribution in [0.15, 0.2) is 0 Å². The van der Waals surface area contributed by atoms with E-state index in [1.165, 1.54) is 0 Å². The molecule has 0 aromatic carbocycles. The Morgan fingerprint density at radius 2 is 1.85 bits per heavy atom. The van der Waals surface area contributed by atoms with E-state index in [1.807, 2.05) is 6.92 Å². The van der Waals surface area contributed by atoms with Crippen LogP contribution in [0.4, 0.5) is 4.79 Å². The third-order valence-corrected chi connectivity index (χ3v) is 3.71. The maximum atomic E-state index is 12.5. The molecule has 8 nitrogen and oxygen atoms in total. The topological polar surface area (TPSA) is 103 Å². The molecule has 1 aliphatic rings. The first-order chi connectivity index (χ1) is 12.2. The first kappa shape index (κ1) is 22.2. The van der Waals surface area contributed by atoms with E-state index in [9.17, 15) is 14.4 Å². The molecule has 1 heterocycles. The first-order valence-corrected chi connectivity index (χ1v) is 9.24. The van der Waals surface area contributed by atoms with Crippen molar-refractivity contribution in [1.29, 1.82) is 0 Å². The second-order valence-corrected chi connectivity index (χ2v) is 7.37. The van der Waals surface area contributed by atoms with Crippen LogP contribution in [0, 0.1) is 0 Å².